The van der Waals surface area contributed by atoms with Gasteiger partial charge >= 0.3 is 0 Å². The van der Waals surface area contributed by atoms with E-state index in [2.05, 4.69) is 21.4 Å². The van der Waals surface area contributed by atoms with E-state index in [0.717, 1.165) is 28.1 Å². The van der Waals surface area contributed by atoms with Crippen LogP contribution in [0.2, 0.25) is 0 Å². The van der Waals surface area contributed by atoms with Gasteiger partial charge in [-0.05, 0) is 26.0 Å². The lowest BCUT2D eigenvalue weighted by Crippen LogP contribution is -2.25. The quantitative estimate of drug-likeness (QED) is 0.507. The van der Waals surface area contributed by atoms with E-state index in [0.29, 0.717) is 11.8 Å². The summed E-state index contributed by atoms with van der Waals surface area (Å²) in [6.07, 6.45) is 1.72. The van der Waals surface area contributed by atoms with Crippen LogP contribution in [0.15, 0.2) is 58.0 Å². The van der Waals surface area contributed by atoms with Gasteiger partial charge in [0.2, 0.25) is 5.95 Å². The van der Waals surface area contributed by atoms with Crippen LogP contribution in [0.25, 0.3) is 22.7 Å². The molecule has 4 aromatic rings. The summed E-state index contributed by atoms with van der Waals surface area (Å²) in [5, 5.41) is 12.9. The van der Waals surface area contributed by atoms with Gasteiger partial charge in [-0.25, -0.2) is 0 Å². The topological polar surface area (TPSA) is 82.0 Å². The smallest absolute Gasteiger partial charge is 0.250 e. The van der Waals surface area contributed by atoms with Crippen LogP contribution in [0.4, 0.5) is 5.95 Å². The highest BCUT2D eigenvalue weighted by atomic mass is 16.5. The molecule has 30 heavy (non-hydrogen) atoms. The molecule has 0 radical (unpaired) electrons. The first-order valence-electron chi connectivity index (χ1n) is 9.68. The van der Waals surface area contributed by atoms with Crippen molar-refractivity contribution >= 4 is 5.95 Å². The molecule has 3 aromatic heterocycles. The molecule has 0 fully saturated rings. The van der Waals surface area contributed by atoms with Crippen molar-refractivity contribution < 1.29 is 4.52 Å². The Hall–Kier alpha value is -3.68. The second-order valence-electron chi connectivity index (χ2n) is 7.52. The summed E-state index contributed by atoms with van der Waals surface area (Å²) >= 11 is 0. The maximum atomic E-state index is 12.0. The van der Waals surface area contributed by atoms with Crippen molar-refractivity contribution in [3.8, 4) is 22.7 Å². The van der Waals surface area contributed by atoms with Crippen molar-refractivity contribution in [1.29, 1.82) is 0 Å². The first-order chi connectivity index (χ1) is 14.3. The highest BCUT2D eigenvalue weighted by molar-refractivity contribution is 5.59. The molecule has 0 saturated heterocycles. The first-order valence-corrected chi connectivity index (χ1v) is 9.68. The Morgan fingerprint density at radius 3 is 2.60 bits per heavy atom. The van der Waals surface area contributed by atoms with Crippen molar-refractivity contribution in [3.05, 3.63) is 70.3 Å². The molecule has 0 N–H and O–H groups in total. The van der Waals surface area contributed by atoms with Gasteiger partial charge in [-0.1, -0.05) is 28.9 Å². The van der Waals surface area contributed by atoms with Crippen molar-refractivity contribution in [1.82, 2.24) is 24.5 Å². The third-order valence-corrected chi connectivity index (χ3v) is 5.37. The Morgan fingerprint density at radius 2 is 1.87 bits per heavy atom. The molecular formula is C22H24N6O2. The monoisotopic (exact) mass is 404 g/mol. The molecule has 1 atom stereocenters. The predicted octanol–water partition coefficient (Wildman–Crippen LogP) is 3.34. The largest absolute Gasteiger partial charge is 0.356 e. The first kappa shape index (κ1) is 19.6. The molecule has 0 bridgehead atoms. The SMILES string of the molecule is Cc1cccc(-c2cc([C@H](C)N(C)c3nnc(-c4ccn(C)c(=O)c4)n3C)no2)c1. The van der Waals surface area contributed by atoms with E-state index in [1.54, 1.807) is 19.3 Å². The summed E-state index contributed by atoms with van der Waals surface area (Å²) in [7, 11) is 5.53. The summed E-state index contributed by atoms with van der Waals surface area (Å²) in [4.78, 5) is 14.0. The zero-order chi connectivity index (χ0) is 21.4. The summed E-state index contributed by atoms with van der Waals surface area (Å²) in [5.41, 5.74) is 3.59. The predicted molar refractivity (Wildman–Crippen MR) is 115 cm³/mol. The fraction of sp³-hybridized carbons (Fsp3) is 0.273. The standard InChI is InChI=1S/C22H24N6O2/c1-14-7-6-8-16(11-14)19-13-18(25-30-19)15(2)27(4)22-24-23-21(28(22)5)17-9-10-26(3)20(29)12-17/h6-13,15H,1-5H3/t15-/m0/s1. The van der Waals surface area contributed by atoms with Gasteiger partial charge in [-0.3, -0.25) is 9.36 Å². The van der Waals surface area contributed by atoms with E-state index in [4.69, 9.17) is 4.52 Å². The van der Waals surface area contributed by atoms with E-state index in [-0.39, 0.29) is 11.6 Å². The van der Waals surface area contributed by atoms with Gasteiger partial charge in [0, 0.05) is 50.6 Å². The van der Waals surface area contributed by atoms with Crippen molar-refractivity contribution in [3.63, 3.8) is 0 Å². The van der Waals surface area contributed by atoms with Crippen LogP contribution in [0.1, 0.15) is 24.2 Å². The second kappa shape index (κ2) is 7.62. The number of hydrogen-bond donors (Lipinski definition) is 0. The third-order valence-electron chi connectivity index (χ3n) is 5.37. The lowest BCUT2D eigenvalue weighted by atomic mass is 10.1. The van der Waals surface area contributed by atoms with Crippen LogP contribution < -0.4 is 10.5 Å². The number of benzene rings is 1. The van der Waals surface area contributed by atoms with E-state index < -0.39 is 0 Å². The normalized spacial score (nSPS) is 12.2. The number of aromatic nitrogens is 5. The molecule has 4 rings (SSSR count). The third kappa shape index (κ3) is 3.52. The van der Waals surface area contributed by atoms with Crippen LogP contribution in [-0.2, 0) is 14.1 Å². The minimum atomic E-state index is -0.0925. The Morgan fingerprint density at radius 1 is 1.07 bits per heavy atom. The Balaban J connectivity index is 1.61. The van der Waals surface area contributed by atoms with Gasteiger partial charge < -0.3 is 14.0 Å². The van der Waals surface area contributed by atoms with E-state index in [9.17, 15) is 4.79 Å². The summed E-state index contributed by atoms with van der Waals surface area (Å²) in [6.45, 7) is 4.08. The van der Waals surface area contributed by atoms with Gasteiger partial charge in [0.15, 0.2) is 11.6 Å². The lowest BCUT2D eigenvalue weighted by molar-refractivity contribution is 0.417. The van der Waals surface area contributed by atoms with Crippen molar-refractivity contribution in [2.24, 2.45) is 14.1 Å². The van der Waals surface area contributed by atoms with Crippen LogP contribution in [-0.4, -0.2) is 31.5 Å². The van der Waals surface area contributed by atoms with E-state index in [1.165, 1.54) is 4.57 Å². The Kier molecular flexibility index (Phi) is 4.99. The fourth-order valence-electron chi connectivity index (χ4n) is 3.36. The maximum absolute atomic E-state index is 12.0. The molecule has 0 aliphatic rings. The molecule has 154 valence electrons. The Labute approximate surface area is 174 Å². The van der Waals surface area contributed by atoms with Gasteiger partial charge in [-0.15, -0.1) is 10.2 Å². The molecule has 0 aliphatic carbocycles. The molecular weight excluding hydrogens is 380 g/mol. The summed E-state index contributed by atoms with van der Waals surface area (Å²) < 4.78 is 8.97. The average molecular weight is 404 g/mol. The molecule has 0 spiro atoms. The summed E-state index contributed by atoms with van der Waals surface area (Å²) in [6, 6.07) is 13.4. The molecule has 0 aliphatic heterocycles. The molecule has 3 heterocycles. The van der Waals surface area contributed by atoms with Crippen LogP contribution in [0, 0.1) is 6.92 Å². The number of nitrogens with zero attached hydrogens (tertiary/aromatic N) is 6. The fourth-order valence-corrected chi connectivity index (χ4v) is 3.36. The van der Waals surface area contributed by atoms with E-state index in [1.807, 2.05) is 67.7 Å². The number of pyridine rings is 1. The maximum Gasteiger partial charge on any atom is 0.250 e. The molecule has 0 saturated carbocycles. The lowest BCUT2D eigenvalue weighted by Gasteiger charge is -2.23. The number of anilines is 1. The molecule has 0 unspecified atom stereocenters. The van der Waals surface area contributed by atoms with Gasteiger partial charge in [-0.2, -0.15) is 0 Å². The molecule has 8 heteroatoms. The molecule has 1 aromatic carbocycles. The van der Waals surface area contributed by atoms with Crippen LogP contribution in [0.5, 0.6) is 0 Å². The number of hydrogen-bond acceptors (Lipinski definition) is 6. The molecule has 0 amide bonds. The zero-order valence-corrected chi connectivity index (χ0v) is 17.7. The highest BCUT2D eigenvalue weighted by Gasteiger charge is 2.22. The highest BCUT2D eigenvalue weighted by Crippen LogP contribution is 2.29. The second-order valence-corrected chi connectivity index (χ2v) is 7.52. The number of rotatable bonds is 5. The minimum absolute atomic E-state index is 0.0910. The van der Waals surface area contributed by atoms with Gasteiger partial charge in [0.25, 0.3) is 5.56 Å². The van der Waals surface area contributed by atoms with Crippen molar-refractivity contribution in [2.45, 2.75) is 19.9 Å². The van der Waals surface area contributed by atoms with Crippen LogP contribution >= 0.6 is 0 Å². The van der Waals surface area contributed by atoms with Gasteiger partial charge in [0.05, 0.1) is 6.04 Å². The Bertz CT molecular complexity index is 1250. The number of aryl methyl sites for hydroxylation is 2. The minimum Gasteiger partial charge on any atom is -0.356 e. The van der Waals surface area contributed by atoms with Crippen molar-refractivity contribution in [2.75, 3.05) is 11.9 Å². The summed E-state index contributed by atoms with van der Waals surface area (Å²) in [5.74, 6) is 2.02. The van der Waals surface area contributed by atoms with Gasteiger partial charge in [0.1, 0.15) is 5.69 Å². The average Bonchev–Trinajstić information content (AvgIpc) is 3.36. The van der Waals surface area contributed by atoms with E-state index >= 15 is 0 Å². The molecule has 8 nitrogen and oxygen atoms in total. The zero-order valence-electron chi connectivity index (χ0n) is 17.7. The van der Waals surface area contributed by atoms with Crippen LogP contribution in [0.3, 0.4) is 0 Å².